The molecule has 0 aromatic heterocycles. The van der Waals surface area contributed by atoms with E-state index in [1.165, 1.54) is 0 Å². The number of aliphatic hydroxyl groups excluding tert-OH is 1. The summed E-state index contributed by atoms with van der Waals surface area (Å²) in [5.41, 5.74) is 1.58. The molecule has 0 saturated heterocycles. The summed E-state index contributed by atoms with van der Waals surface area (Å²) in [5.74, 6) is 0. The highest BCUT2D eigenvalue weighted by atomic mass is 19.4. The van der Waals surface area contributed by atoms with Crippen molar-refractivity contribution < 1.29 is 23.2 Å². The van der Waals surface area contributed by atoms with E-state index in [2.05, 4.69) is 10.7 Å². The van der Waals surface area contributed by atoms with Crippen LogP contribution in [-0.2, 0) is 0 Å². The summed E-state index contributed by atoms with van der Waals surface area (Å²) in [6.07, 6.45) is -4.44. The van der Waals surface area contributed by atoms with Crippen molar-refractivity contribution in [2.75, 3.05) is 0 Å². The molecule has 1 aliphatic rings. The van der Waals surface area contributed by atoms with E-state index >= 15 is 0 Å². The maximum atomic E-state index is 12.2. The van der Waals surface area contributed by atoms with E-state index in [1.807, 2.05) is 0 Å². The average Bonchev–Trinajstić information content (AvgIpc) is 2.12. The Hall–Kier alpha value is -1.64. The minimum Gasteiger partial charge on any atom is -0.393 e. The summed E-state index contributed by atoms with van der Waals surface area (Å²) in [6.45, 7) is 0. The van der Waals surface area contributed by atoms with Crippen molar-refractivity contribution in [3.63, 3.8) is 0 Å². The second-order valence-corrected chi connectivity index (χ2v) is 3.61. The van der Waals surface area contributed by atoms with Crippen LogP contribution >= 0.6 is 0 Å². The van der Waals surface area contributed by atoms with Gasteiger partial charge in [-0.2, -0.15) is 13.2 Å². The molecule has 1 rings (SSSR count). The molecule has 1 aliphatic carbocycles. The van der Waals surface area contributed by atoms with Gasteiger partial charge in [0, 0.05) is 0 Å². The molecule has 0 aliphatic heterocycles. The van der Waals surface area contributed by atoms with Crippen LogP contribution in [0, 0.1) is 10.1 Å². The number of nitrogens with zero attached hydrogens (tertiary/aromatic N) is 2. The number of nitro groups is 1. The summed E-state index contributed by atoms with van der Waals surface area (Å²) < 4.78 is 36.5. The molecule has 0 bridgehead atoms. The molecule has 0 aromatic rings. The maximum absolute atomic E-state index is 12.2. The SMILES string of the molecule is NC(=C(C=NC1CC(O)C1)[N+](=O)[O-])C(F)(F)F. The van der Waals surface area contributed by atoms with Crippen LogP contribution in [0.3, 0.4) is 0 Å². The third-order valence-corrected chi connectivity index (χ3v) is 2.27. The number of aliphatic hydroxyl groups is 1. The fraction of sp³-hybridized carbons (Fsp3) is 0.625. The van der Waals surface area contributed by atoms with Gasteiger partial charge in [-0.1, -0.05) is 0 Å². The number of aliphatic imine (C=N–C) groups is 1. The molecule has 0 spiro atoms. The Kier molecular flexibility index (Phi) is 3.71. The molecule has 3 N–H and O–H groups in total. The zero-order valence-electron chi connectivity index (χ0n) is 8.52. The third kappa shape index (κ3) is 3.41. The Morgan fingerprint density at radius 1 is 1.53 bits per heavy atom. The molecule has 6 nitrogen and oxygen atoms in total. The Balaban J connectivity index is 2.84. The van der Waals surface area contributed by atoms with Gasteiger partial charge in [-0.3, -0.25) is 15.1 Å². The van der Waals surface area contributed by atoms with Crippen LogP contribution in [-0.4, -0.2) is 34.6 Å². The van der Waals surface area contributed by atoms with Gasteiger partial charge >= 0.3 is 11.9 Å². The summed E-state index contributed by atoms with van der Waals surface area (Å²) in [7, 11) is 0. The Morgan fingerprint density at radius 3 is 2.41 bits per heavy atom. The predicted molar refractivity (Wildman–Crippen MR) is 51.8 cm³/mol. The van der Waals surface area contributed by atoms with Crippen LogP contribution < -0.4 is 5.73 Å². The molecular formula is C8H10F3N3O3. The lowest BCUT2D eigenvalue weighted by atomic mass is 9.90. The maximum Gasteiger partial charge on any atom is 0.437 e. The van der Waals surface area contributed by atoms with Gasteiger partial charge in [0.1, 0.15) is 6.21 Å². The molecule has 17 heavy (non-hydrogen) atoms. The van der Waals surface area contributed by atoms with Crippen LogP contribution in [0.1, 0.15) is 12.8 Å². The van der Waals surface area contributed by atoms with Gasteiger partial charge in [-0.05, 0) is 12.8 Å². The quantitative estimate of drug-likeness (QED) is 0.436. The normalized spacial score (nSPS) is 26.6. The lowest BCUT2D eigenvalue weighted by Gasteiger charge is -2.27. The summed E-state index contributed by atoms with van der Waals surface area (Å²) in [6, 6.07) is -0.388. The Bertz CT molecular complexity index is 372. The van der Waals surface area contributed by atoms with E-state index in [0.717, 1.165) is 0 Å². The summed E-state index contributed by atoms with van der Waals surface area (Å²) >= 11 is 0. The first kappa shape index (κ1) is 13.4. The van der Waals surface area contributed by atoms with Crippen LogP contribution in [0.2, 0.25) is 0 Å². The van der Waals surface area contributed by atoms with Gasteiger partial charge in [-0.25, -0.2) is 0 Å². The van der Waals surface area contributed by atoms with Gasteiger partial charge in [-0.15, -0.1) is 0 Å². The molecule has 0 unspecified atom stereocenters. The largest absolute Gasteiger partial charge is 0.437 e. The number of hydrogen-bond acceptors (Lipinski definition) is 5. The average molecular weight is 253 g/mol. The van der Waals surface area contributed by atoms with Crippen molar-refractivity contribution in [1.29, 1.82) is 0 Å². The molecule has 0 atom stereocenters. The Labute approximate surface area is 93.8 Å². The molecule has 0 heterocycles. The molecule has 1 saturated carbocycles. The van der Waals surface area contributed by atoms with Crippen LogP contribution in [0.25, 0.3) is 0 Å². The van der Waals surface area contributed by atoms with E-state index in [-0.39, 0.29) is 18.9 Å². The smallest absolute Gasteiger partial charge is 0.393 e. The van der Waals surface area contributed by atoms with Crippen molar-refractivity contribution in [2.45, 2.75) is 31.2 Å². The van der Waals surface area contributed by atoms with E-state index in [1.54, 1.807) is 0 Å². The van der Waals surface area contributed by atoms with Gasteiger partial charge in [0.15, 0.2) is 5.70 Å². The fourth-order valence-corrected chi connectivity index (χ4v) is 1.22. The number of allylic oxidation sites excluding steroid dienone is 2. The minimum atomic E-state index is -4.96. The van der Waals surface area contributed by atoms with Gasteiger partial charge in [0.05, 0.1) is 17.1 Å². The standard InChI is InChI=1S/C8H10F3N3O3/c9-8(10,11)7(12)6(14(16)17)3-13-4-1-5(15)2-4/h3-5,15H,1-2,12H2. The number of halogens is 3. The monoisotopic (exact) mass is 253 g/mol. The number of rotatable bonds is 3. The molecule has 0 radical (unpaired) electrons. The zero-order chi connectivity index (χ0) is 13.2. The molecule has 1 fully saturated rings. The van der Waals surface area contributed by atoms with Gasteiger partial charge in [0.25, 0.3) is 0 Å². The zero-order valence-corrected chi connectivity index (χ0v) is 8.52. The molecule has 9 heteroatoms. The molecule has 0 aromatic carbocycles. The summed E-state index contributed by atoms with van der Waals surface area (Å²) in [5, 5.41) is 19.3. The summed E-state index contributed by atoms with van der Waals surface area (Å²) in [4.78, 5) is 12.7. The van der Waals surface area contributed by atoms with Gasteiger partial charge in [0.2, 0.25) is 0 Å². The van der Waals surface area contributed by atoms with Crippen molar-refractivity contribution in [1.82, 2.24) is 0 Å². The molecular weight excluding hydrogens is 243 g/mol. The van der Waals surface area contributed by atoms with E-state index in [9.17, 15) is 23.3 Å². The van der Waals surface area contributed by atoms with Crippen LogP contribution in [0.4, 0.5) is 13.2 Å². The second-order valence-electron chi connectivity index (χ2n) is 3.61. The topological polar surface area (TPSA) is 102 Å². The number of nitrogens with two attached hydrogens (primary N) is 1. The lowest BCUT2D eigenvalue weighted by Crippen LogP contribution is -2.32. The third-order valence-electron chi connectivity index (χ3n) is 2.27. The first-order valence-corrected chi connectivity index (χ1v) is 4.64. The van der Waals surface area contributed by atoms with Crippen LogP contribution in [0.15, 0.2) is 16.4 Å². The van der Waals surface area contributed by atoms with E-state index in [0.29, 0.717) is 6.21 Å². The second kappa shape index (κ2) is 4.70. The molecule has 0 amide bonds. The highest BCUT2D eigenvalue weighted by Crippen LogP contribution is 2.25. The number of hydrogen-bond donors (Lipinski definition) is 2. The minimum absolute atomic E-state index is 0.285. The van der Waals surface area contributed by atoms with E-state index < -0.39 is 28.6 Å². The van der Waals surface area contributed by atoms with Crippen molar-refractivity contribution >= 4 is 6.21 Å². The van der Waals surface area contributed by atoms with E-state index in [4.69, 9.17) is 5.11 Å². The predicted octanol–water partition coefficient (Wildman–Crippen LogP) is 0.590. The molecule has 96 valence electrons. The fourth-order valence-electron chi connectivity index (χ4n) is 1.22. The first-order valence-electron chi connectivity index (χ1n) is 4.64. The van der Waals surface area contributed by atoms with Gasteiger partial charge < -0.3 is 10.8 Å². The highest BCUT2D eigenvalue weighted by molar-refractivity contribution is 5.76. The lowest BCUT2D eigenvalue weighted by molar-refractivity contribution is -0.417. The van der Waals surface area contributed by atoms with Crippen molar-refractivity contribution in [3.8, 4) is 0 Å². The van der Waals surface area contributed by atoms with Crippen LogP contribution in [0.5, 0.6) is 0 Å². The first-order chi connectivity index (χ1) is 7.71. The van der Waals surface area contributed by atoms with Crippen molar-refractivity contribution in [3.05, 3.63) is 21.5 Å². The number of alkyl halides is 3. The van der Waals surface area contributed by atoms with Crippen molar-refractivity contribution in [2.24, 2.45) is 10.7 Å². The highest BCUT2D eigenvalue weighted by Gasteiger charge is 2.39. The Morgan fingerprint density at radius 2 is 2.06 bits per heavy atom.